The van der Waals surface area contributed by atoms with E-state index < -0.39 is 17.5 Å². The van der Waals surface area contributed by atoms with Crippen molar-refractivity contribution in [1.29, 1.82) is 0 Å². The number of anilines is 1. The molecular weight excluding hydrogens is 436 g/mol. The lowest BCUT2D eigenvalue weighted by Crippen LogP contribution is -2.43. The molecule has 1 aliphatic heterocycles. The van der Waals surface area contributed by atoms with E-state index in [0.717, 1.165) is 28.2 Å². The molecule has 0 aliphatic carbocycles. The molecule has 0 spiro atoms. The van der Waals surface area contributed by atoms with Gasteiger partial charge in [-0.15, -0.1) is 0 Å². The molecule has 0 bridgehead atoms. The van der Waals surface area contributed by atoms with Crippen molar-refractivity contribution in [2.75, 3.05) is 18.1 Å². The zero-order chi connectivity index (χ0) is 20.6. The number of ether oxygens (including phenoxy) is 1. The molecule has 4 rings (SSSR count). The van der Waals surface area contributed by atoms with E-state index in [1.54, 1.807) is 24.4 Å². The minimum absolute atomic E-state index is 0.248. The molecule has 0 radical (unpaired) electrons. The fraction of sp³-hybridized carbons (Fsp3) is 0.273. The van der Waals surface area contributed by atoms with Crippen molar-refractivity contribution in [2.24, 2.45) is 0 Å². The number of aromatic nitrogens is 1. The summed E-state index contributed by atoms with van der Waals surface area (Å²) in [5.74, 6) is -1.06. The lowest BCUT2D eigenvalue weighted by molar-refractivity contribution is -0.144. The van der Waals surface area contributed by atoms with Gasteiger partial charge in [0.05, 0.1) is 12.3 Å². The second kappa shape index (κ2) is 7.65. The third-order valence-corrected chi connectivity index (χ3v) is 5.71. The van der Waals surface area contributed by atoms with E-state index in [2.05, 4.69) is 20.9 Å². The first-order chi connectivity index (χ1) is 14.0. The van der Waals surface area contributed by atoms with Gasteiger partial charge in [-0.1, -0.05) is 47.5 Å². The quantitative estimate of drug-likeness (QED) is 0.435. The molecule has 2 aromatic carbocycles. The number of unbranched alkanes of at least 4 members (excludes halogenated alkanes) is 1. The highest BCUT2D eigenvalue weighted by Gasteiger charge is 2.52. The van der Waals surface area contributed by atoms with Gasteiger partial charge in [0.15, 0.2) is 5.60 Å². The number of aliphatic hydroxyl groups is 1. The van der Waals surface area contributed by atoms with Crippen LogP contribution in [0.5, 0.6) is 0 Å². The summed E-state index contributed by atoms with van der Waals surface area (Å²) in [6.45, 7) is 2.08. The van der Waals surface area contributed by atoms with Gasteiger partial charge in [0.1, 0.15) is 6.54 Å². The van der Waals surface area contributed by atoms with Crippen LogP contribution in [-0.4, -0.2) is 35.1 Å². The van der Waals surface area contributed by atoms with Gasteiger partial charge in [0, 0.05) is 32.7 Å². The molecule has 1 atom stereocenters. The van der Waals surface area contributed by atoms with Crippen LogP contribution in [0.1, 0.15) is 30.9 Å². The van der Waals surface area contributed by atoms with Gasteiger partial charge in [-0.05, 0) is 30.7 Å². The van der Waals surface area contributed by atoms with E-state index in [-0.39, 0.29) is 6.54 Å². The minimum Gasteiger partial charge on any atom is -0.464 e. The number of aromatic amines is 1. The number of fused-ring (bicyclic) bond motifs is 2. The van der Waals surface area contributed by atoms with E-state index in [4.69, 9.17) is 4.74 Å². The van der Waals surface area contributed by atoms with Crippen molar-refractivity contribution in [3.8, 4) is 0 Å². The van der Waals surface area contributed by atoms with E-state index in [1.807, 2.05) is 31.2 Å². The topological polar surface area (TPSA) is 82.6 Å². The van der Waals surface area contributed by atoms with Gasteiger partial charge in [0.25, 0.3) is 5.91 Å². The summed E-state index contributed by atoms with van der Waals surface area (Å²) in [6.07, 6.45) is 3.33. The Morgan fingerprint density at radius 1 is 1.24 bits per heavy atom. The first-order valence-electron chi connectivity index (χ1n) is 9.53. The fourth-order valence-corrected chi connectivity index (χ4v) is 4.11. The number of hydrogen-bond acceptors (Lipinski definition) is 4. The molecule has 1 aromatic heterocycles. The maximum atomic E-state index is 13.4. The Morgan fingerprint density at radius 3 is 2.83 bits per heavy atom. The van der Waals surface area contributed by atoms with Crippen molar-refractivity contribution in [3.63, 3.8) is 0 Å². The van der Waals surface area contributed by atoms with Crippen LogP contribution in [0.4, 0.5) is 5.69 Å². The van der Waals surface area contributed by atoms with Gasteiger partial charge in [-0.2, -0.15) is 0 Å². The standard InChI is InChI=1S/C22H21BrN2O4/c1-2-3-10-29-20(26)13-25-19-9-8-14(23)11-16(19)22(28,21(25)27)17-12-24-18-7-5-4-6-15(17)18/h4-9,11-12,24,28H,2-3,10,13H2,1H3/t22-/m1/s1. The molecule has 7 heteroatoms. The lowest BCUT2D eigenvalue weighted by Gasteiger charge is -2.23. The number of para-hydroxylation sites is 1. The number of hydrogen-bond donors (Lipinski definition) is 2. The normalized spacial score (nSPS) is 18.3. The molecule has 0 saturated carbocycles. The van der Waals surface area contributed by atoms with Crippen molar-refractivity contribution in [1.82, 2.24) is 4.98 Å². The van der Waals surface area contributed by atoms with Crippen LogP contribution < -0.4 is 4.90 Å². The van der Waals surface area contributed by atoms with E-state index in [9.17, 15) is 14.7 Å². The van der Waals surface area contributed by atoms with Crippen molar-refractivity contribution < 1.29 is 19.4 Å². The summed E-state index contributed by atoms with van der Waals surface area (Å²) in [4.78, 5) is 30.2. The molecular formula is C22H21BrN2O4. The van der Waals surface area contributed by atoms with Gasteiger partial charge in [-0.25, -0.2) is 0 Å². The molecule has 3 aromatic rings. The third kappa shape index (κ3) is 3.24. The van der Waals surface area contributed by atoms with Crippen molar-refractivity contribution >= 4 is 44.4 Å². The Bertz CT molecular complexity index is 1090. The SMILES string of the molecule is CCCCOC(=O)CN1C(=O)[C@](O)(c2c[nH]c3ccccc23)c2cc(Br)ccc21. The lowest BCUT2D eigenvalue weighted by atomic mass is 9.87. The smallest absolute Gasteiger partial charge is 0.326 e. The molecule has 2 heterocycles. The number of H-pyrrole nitrogens is 1. The molecule has 1 aliphatic rings. The Labute approximate surface area is 176 Å². The fourth-order valence-electron chi connectivity index (χ4n) is 3.75. The number of nitrogens with zero attached hydrogens (tertiary/aromatic N) is 1. The van der Waals surface area contributed by atoms with Crippen molar-refractivity contribution in [2.45, 2.75) is 25.4 Å². The number of rotatable bonds is 6. The molecule has 2 N–H and O–H groups in total. The second-order valence-corrected chi connectivity index (χ2v) is 8.00. The average Bonchev–Trinajstić information content (AvgIpc) is 3.23. The monoisotopic (exact) mass is 456 g/mol. The summed E-state index contributed by atoms with van der Waals surface area (Å²) in [5.41, 5.74) is 0.306. The molecule has 0 saturated heterocycles. The van der Waals surface area contributed by atoms with Gasteiger partial charge in [0.2, 0.25) is 0 Å². The van der Waals surface area contributed by atoms with E-state index in [0.29, 0.717) is 23.4 Å². The van der Waals surface area contributed by atoms with Crippen LogP contribution in [-0.2, 0) is 19.9 Å². The highest BCUT2D eigenvalue weighted by atomic mass is 79.9. The number of amides is 1. The molecule has 150 valence electrons. The predicted octanol–water partition coefficient (Wildman–Crippen LogP) is 3.86. The maximum absolute atomic E-state index is 13.4. The summed E-state index contributed by atoms with van der Waals surface area (Å²) >= 11 is 3.42. The van der Waals surface area contributed by atoms with Crippen LogP contribution in [0.25, 0.3) is 10.9 Å². The number of benzene rings is 2. The number of carbonyl (C=O) groups excluding carboxylic acids is 2. The predicted molar refractivity (Wildman–Crippen MR) is 114 cm³/mol. The Morgan fingerprint density at radius 2 is 2.03 bits per heavy atom. The number of nitrogens with one attached hydrogen (secondary N) is 1. The molecule has 0 fully saturated rings. The molecule has 6 nitrogen and oxygen atoms in total. The number of carbonyl (C=O) groups is 2. The minimum atomic E-state index is -1.90. The van der Waals surface area contributed by atoms with E-state index in [1.165, 1.54) is 4.90 Å². The number of esters is 1. The third-order valence-electron chi connectivity index (χ3n) is 5.22. The zero-order valence-electron chi connectivity index (χ0n) is 15.9. The van der Waals surface area contributed by atoms with Crippen LogP contribution in [0.3, 0.4) is 0 Å². The van der Waals surface area contributed by atoms with Gasteiger partial charge in [-0.3, -0.25) is 14.5 Å². The van der Waals surface area contributed by atoms with E-state index >= 15 is 0 Å². The average molecular weight is 457 g/mol. The largest absolute Gasteiger partial charge is 0.464 e. The number of halogens is 1. The Hall–Kier alpha value is -2.64. The summed E-state index contributed by atoms with van der Waals surface area (Å²) in [6, 6.07) is 12.7. The summed E-state index contributed by atoms with van der Waals surface area (Å²) in [5, 5.41) is 12.5. The Balaban J connectivity index is 1.77. The zero-order valence-corrected chi connectivity index (χ0v) is 17.5. The van der Waals surface area contributed by atoms with Crippen LogP contribution in [0.2, 0.25) is 0 Å². The second-order valence-electron chi connectivity index (χ2n) is 7.09. The van der Waals surface area contributed by atoms with Crippen molar-refractivity contribution in [3.05, 3.63) is 64.3 Å². The molecule has 1 amide bonds. The molecule has 29 heavy (non-hydrogen) atoms. The van der Waals surface area contributed by atoms with Crippen LogP contribution in [0.15, 0.2) is 53.1 Å². The van der Waals surface area contributed by atoms with Gasteiger partial charge < -0.3 is 14.8 Å². The van der Waals surface area contributed by atoms with Crippen LogP contribution in [0, 0.1) is 0 Å². The summed E-state index contributed by atoms with van der Waals surface area (Å²) in [7, 11) is 0. The Kier molecular flexibility index (Phi) is 5.19. The highest BCUT2D eigenvalue weighted by molar-refractivity contribution is 9.10. The first kappa shape index (κ1) is 19.7. The maximum Gasteiger partial charge on any atom is 0.326 e. The molecule has 0 unspecified atom stereocenters. The summed E-state index contributed by atoms with van der Waals surface area (Å²) < 4.78 is 5.96. The highest BCUT2D eigenvalue weighted by Crippen LogP contribution is 2.47. The van der Waals surface area contributed by atoms with Crippen LogP contribution >= 0.6 is 15.9 Å². The first-order valence-corrected chi connectivity index (χ1v) is 10.3. The van der Waals surface area contributed by atoms with Gasteiger partial charge >= 0.3 is 5.97 Å².